The molecule has 0 saturated carbocycles. The summed E-state index contributed by atoms with van der Waals surface area (Å²) in [5, 5.41) is 2.20. The van der Waals surface area contributed by atoms with Crippen LogP contribution in [0.4, 0.5) is 0 Å². The van der Waals surface area contributed by atoms with E-state index in [1.54, 1.807) is 7.11 Å². The molecule has 1 atom stereocenters. The molecule has 0 saturated heterocycles. The number of hydrogen-bond acceptors (Lipinski definition) is 3. The van der Waals surface area contributed by atoms with Crippen LogP contribution in [0.2, 0.25) is 0 Å². The quantitative estimate of drug-likeness (QED) is 0.760. The molecule has 3 heteroatoms. The highest BCUT2D eigenvalue weighted by Crippen LogP contribution is 2.40. The lowest BCUT2D eigenvalue weighted by Crippen LogP contribution is -2.32. The second-order valence-corrected chi connectivity index (χ2v) is 6.11. The number of methoxy groups -OCH3 is 2. The maximum Gasteiger partial charge on any atom is 0.311 e. The molecule has 0 aliphatic heterocycles. The van der Waals surface area contributed by atoms with Gasteiger partial charge in [-0.05, 0) is 43.2 Å². The van der Waals surface area contributed by atoms with Crippen molar-refractivity contribution in [3.05, 3.63) is 42.0 Å². The third kappa shape index (κ3) is 2.80. The van der Waals surface area contributed by atoms with Gasteiger partial charge in [0.25, 0.3) is 0 Å². The summed E-state index contributed by atoms with van der Waals surface area (Å²) in [5.74, 6) is 0.796. The van der Waals surface area contributed by atoms with E-state index >= 15 is 0 Å². The van der Waals surface area contributed by atoms with Crippen LogP contribution in [0.1, 0.15) is 38.7 Å². The third-order valence-electron chi connectivity index (χ3n) is 4.48. The summed E-state index contributed by atoms with van der Waals surface area (Å²) in [6.45, 7) is 6.00. The van der Waals surface area contributed by atoms with E-state index in [0.717, 1.165) is 28.5 Å². The number of rotatable bonds is 5. The summed E-state index contributed by atoms with van der Waals surface area (Å²) in [6, 6.07) is 12.3. The van der Waals surface area contributed by atoms with Crippen LogP contribution in [0.15, 0.2) is 36.4 Å². The van der Waals surface area contributed by atoms with Crippen LogP contribution in [0, 0.1) is 5.41 Å². The van der Waals surface area contributed by atoms with Gasteiger partial charge in [-0.25, -0.2) is 0 Å². The molecule has 22 heavy (non-hydrogen) atoms. The molecule has 0 radical (unpaired) electrons. The van der Waals surface area contributed by atoms with Gasteiger partial charge in [-0.3, -0.25) is 4.79 Å². The Morgan fingerprint density at radius 3 is 2.50 bits per heavy atom. The Morgan fingerprint density at radius 1 is 1.18 bits per heavy atom. The van der Waals surface area contributed by atoms with Crippen LogP contribution in [-0.4, -0.2) is 20.2 Å². The topological polar surface area (TPSA) is 35.5 Å². The zero-order chi connectivity index (χ0) is 16.3. The van der Waals surface area contributed by atoms with E-state index in [1.165, 1.54) is 7.11 Å². The Kier molecular flexibility index (Phi) is 4.74. The number of carbonyl (C=O) groups excluding carboxylic acids is 1. The fraction of sp³-hybridized carbons (Fsp3) is 0.421. The number of esters is 1. The third-order valence-corrected chi connectivity index (χ3v) is 4.48. The van der Waals surface area contributed by atoms with Gasteiger partial charge in [0.05, 0.1) is 19.6 Å². The maximum atomic E-state index is 12.1. The largest absolute Gasteiger partial charge is 0.496 e. The van der Waals surface area contributed by atoms with Crippen LogP contribution in [-0.2, 0) is 9.53 Å². The van der Waals surface area contributed by atoms with E-state index < -0.39 is 5.41 Å². The first-order valence-electron chi connectivity index (χ1n) is 7.60. The predicted octanol–water partition coefficient (Wildman–Crippen LogP) is 4.54. The molecule has 2 aromatic carbocycles. The lowest BCUT2D eigenvalue weighted by Gasteiger charge is -2.31. The molecule has 0 aliphatic rings. The van der Waals surface area contributed by atoms with Gasteiger partial charge in [0.15, 0.2) is 0 Å². The van der Waals surface area contributed by atoms with Crippen molar-refractivity contribution in [1.82, 2.24) is 0 Å². The highest BCUT2D eigenvalue weighted by molar-refractivity contribution is 5.89. The molecule has 118 valence electrons. The monoisotopic (exact) mass is 300 g/mol. The number of fused-ring (bicyclic) bond motifs is 1. The first kappa shape index (κ1) is 16.3. The van der Waals surface area contributed by atoms with Gasteiger partial charge in [-0.15, -0.1) is 0 Å². The molecule has 0 heterocycles. The summed E-state index contributed by atoms with van der Waals surface area (Å²) < 4.78 is 10.4. The molecule has 0 fully saturated rings. The van der Waals surface area contributed by atoms with Crippen LogP contribution >= 0.6 is 0 Å². The SMILES string of the molecule is CCC(c1ccc2c(OC)cccc2c1)C(C)(C)C(=O)OC. The molecule has 3 nitrogen and oxygen atoms in total. The van der Waals surface area contributed by atoms with Crippen molar-refractivity contribution in [3.63, 3.8) is 0 Å². The van der Waals surface area contributed by atoms with Crippen molar-refractivity contribution in [2.45, 2.75) is 33.1 Å². The first-order valence-corrected chi connectivity index (χ1v) is 7.60. The number of ether oxygens (including phenoxy) is 2. The van der Waals surface area contributed by atoms with Gasteiger partial charge in [-0.2, -0.15) is 0 Å². The maximum absolute atomic E-state index is 12.1. The summed E-state index contributed by atoms with van der Waals surface area (Å²) >= 11 is 0. The Hall–Kier alpha value is -2.03. The summed E-state index contributed by atoms with van der Waals surface area (Å²) in [7, 11) is 3.12. The van der Waals surface area contributed by atoms with Crippen LogP contribution in [0.5, 0.6) is 5.75 Å². The normalized spacial score (nSPS) is 13.0. The highest BCUT2D eigenvalue weighted by atomic mass is 16.5. The van der Waals surface area contributed by atoms with Gasteiger partial charge in [-0.1, -0.05) is 37.3 Å². The number of benzene rings is 2. The molecule has 0 aromatic heterocycles. The molecule has 2 aromatic rings. The van der Waals surface area contributed by atoms with Crippen molar-refractivity contribution < 1.29 is 14.3 Å². The Morgan fingerprint density at radius 2 is 1.91 bits per heavy atom. The summed E-state index contributed by atoms with van der Waals surface area (Å²) in [5.41, 5.74) is 0.592. The van der Waals surface area contributed by atoms with Crippen LogP contribution < -0.4 is 4.74 Å². The van der Waals surface area contributed by atoms with E-state index in [1.807, 2.05) is 26.0 Å². The van der Waals surface area contributed by atoms with Crippen molar-refractivity contribution in [1.29, 1.82) is 0 Å². The molecule has 0 N–H and O–H groups in total. The van der Waals surface area contributed by atoms with Gasteiger partial charge in [0.2, 0.25) is 0 Å². The Labute approximate surface area is 132 Å². The minimum Gasteiger partial charge on any atom is -0.496 e. The second-order valence-electron chi connectivity index (χ2n) is 6.11. The van der Waals surface area contributed by atoms with E-state index in [-0.39, 0.29) is 11.9 Å². The van der Waals surface area contributed by atoms with Crippen molar-refractivity contribution in [3.8, 4) is 5.75 Å². The fourth-order valence-electron chi connectivity index (χ4n) is 3.24. The smallest absolute Gasteiger partial charge is 0.311 e. The van der Waals surface area contributed by atoms with Crippen molar-refractivity contribution >= 4 is 16.7 Å². The minimum atomic E-state index is -0.559. The van der Waals surface area contributed by atoms with Gasteiger partial charge < -0.3 is 9.47 Å². The van der Waals surface area contributed by atoms with E-state index in [0.29, 0.717) is 0 Å². The lowest BCUT2D eigenvalue weighted by molar-refractivity contribution is -0.152. The molecule has 0 aliphatic carbocycles. The first-order chi connectivity index (χ1) is 10.5. The van der Waals surface area contributed by atoms with E-state index in [4.69, 9.17) is 9.47 Å². The van der Waals surface area contributed by atoms with Crippen molar-refractivity contribution in [2.24, 2.45) is 5.41 Å². The van der Waals surface area contributed by atoms with E-state index in [2.05, 4.69) is 31.2 Å². The zero-order valence-corrected chi connectivity index (χ0v) is 14.0. The van der Waals surface area contributed by atoms with Crippen LogP contribution in [0.25, 0.3) is 10.8 Å². The van der Waals surface area contributed by atoms with E-state index in [9.17, 15) is 4.79 Å². The Bertz CT molecular complexity index is 673. The average molecular weight is 300 g/mol. The predicted molar refractivity (Wildman–Crippen MR) is 89.3 cm³/mol. The lowest BCUT2D eigenvalue weighted by atomic mass is 9.73. The van der Waals surface area contributed by atoms with Crippen LogP contribution in [0.3, 0.4) is 0 Å². The molecular formula is C19H24O3. The molecule has 1 unspecified atom stereocenters. The van der Waals surface area contributed by atoms with Crippen molar-refractivity contribution in [2.75, 3.05) is 14.2 Å². The second kappa shape index (κ2) is 6.39. The zero-order valence-electron chi connectivity index (χ0n) is 14.0. The molecule has 0 amide bonds. The number of carbonyl (C=O) groups is 1. The molecule has 0 bridgehead atoms. The van der Waals surface area contributed by atoms with Gasteiger partial charge in [0.1, 0.15) is 5.75 Å². The molecule has 0 spiro atoms. The van der Waals surface area contributed by atoms with Gasteiger partial charge in [0, 0.05) is 5.39 Å². The molecular weight excluding hydrogens is 276 g/mol. The summed E-state index contributed by atoms with van der Waals surface area (Å²) in [6.07, 6.45) is 0.873. The number of hydrogen-bond donors (Lipinski definition) is 0. The fourth-order valence-corrected chi connectivity index (χ4v) is 3.24. The average Bonchev–Trinajstić information content (AvgIpc) is 2.53. The summed E-state index contributed by atoms with van der Waals surface area (Å²) in [4.78, 5) is 12.1. The standard InChI is InChI=1S/C19H24O3/c1-6-16(19(2,3)18(20)22-5)14-10-11-15-13(12-14)8-7-9-17(15)21-4/h7-12,16H,6H2,1-5H3. The van der Waals surface area contributed by atoms with Gasteiger partial charge >= 0.3 is 5.97 Å². The minimum absolute atomic E-state index is 0.107. The Balaban J connectivity index is 2.51. The highest BCUT2D eigenvalue weighted by Gasteiger charge is 2.37. The molecule has 2 rings (SSSR count).